The van der Waals surface area contributed by atoms with Crippen LogP contribution in [0.3, 0.4) is 0 Å². The summed E-state index contributed by atoms with van der Waals surface area (Å²) in [5, 5.41) is 3.93. The minimum atomic E-state index is -0.217. The predicted octanol–water partition coefficient (Wildman–Crippen LogP) is 9.53. The Morgan fingerprint density at radius 1 is 0.480 bits per heavy atom. The van der Waals surface area contributed by atoms with Gasteiger partial charge in [-0.3, -0.25) is 0 Å². The maximum absolute atomic E-state index is 2.57. The van der Waals surface area contributed by atoms with Gasteiger partial charge in [0.25, 0.3) is 0 Å². The third-order valence-corrected chi connectivity index (χ3v) is 11.6. The molecule has 7 aromatic carbocycles. The van der Waals surface area contributed by atoms with Gasteiger partial charge in [-0.1, -0.05) is 153 Å². The number of benzene rings is 7. The maximum atomic E-state index is 2.57. The molecule has 2 aromatic heterocycles. The van der Waals surface area contributed by atoms with Crippen molar-refractivity contribution in [3.63, 3.8) is 0 Å². The number of hydrogen-bond acceptors (Lipinski definition) is 0. The monoisotopic (exact) mass is 636 g/mol. The van der Waals surface area contributed by atoms with Crippen molar-refractivity contribution < 1.29 is 0 Å². The molecule has 0 amide bonds. The molecular formula is C47H33BN2. The highest BCUT2D eigenvalue weighted by atomic mass is 15.0. The van der Waals surface area contributed by atoms with Gasteiger partial charge in [0.2, 0.25) is 6.71 Å². The van der Waals surface area contributed by atoms with Gasteiger partial charge in [-0.15, -0.1) is 0 Å². The molecule has 11 rings (SSSR count). The van der Waals surface area contributed by atoms with Crippen LogP contribution in [0.15, 0.2) is 164 Å². The fourth-order valence-corrected chi connectivity index (χ4v) is 9.49. The van der Waals surface area contributed by atoms with Crippen molar-refractivity contribution >= 4 is 55.8 Å². The van der Waals surface area contributed by atoms with E-state index in [0.29, 0.717) is 0 Å². The Morgan fingerprint density at radius 2 is 1.14 bits per heavy atom. The van der Waals surface area contributed by atoms with Gasteiger partial charge in [0.05, 0.1) is 16.7 Å². The number of nitrogens with zero attached hydrogens (tertiary/aromatic N) is 2. The summed E-state index contributed by atoms with van der Waals surface area (Å²) < 4.78 is 5.05. The molecule has 0 unspecified atom stereocenters. The Kier molecular flexibility index (Phi) is 5.57. The van der Waals surface area contributed by atoms with Gasteiger partial charge in [-0.2, -0.15) is 0 Å². The standard InChI is InChI=1S/C47H33BN2/c1-47(2)36-24-15-27-41-44(36)48(38-25-14-23-34-33-22-12-13-26-40(33)50(41)46(34)38)39-28-35-42(29-37(39)47)49(32-20-10-5-11-21-32)45(31-18-8-4-9-19-31)43(35)30-16-6-3-7-17-30/h3-29H,1-2H3. The van der Waals surface area contributed by atoms with E-state index in [1.165, 1.54) is 94.0 Å². The molecule has 0 atom stereocenters. The first-order chi connectivity index (χ1) is 24.6. The summed E-state index contributed by atoms with van der Waals surface area (Å²) in [5.74, 6) is 0. The molecule has 0 bridgehead atoms. The van der Waals surface area contributed by atoms with E-state index in [0.717, 1.165) is 0 Å². The summed E-state index contributed by atoms with van der Waals surface area (Å²) in [4.78, 5) is 0. The first-order valence-corrected chi connectivity index (χ1v) is 17.7. The Morgan fingerprint density at radius 3 is 1.92 bits per heavy atom. The molecule has 0 aliphatic carbocycles. The van der Waals surface area contributed by atoms with Crippen LogP contribution in [0, 0.1) is 0 Å². The van der Waals surface area contributed by atoms with Crippen LogP contribution in [0.2, 0.25) is 0 Å². The maximum Gasteiger partial charge on any atom is 0.247 e. The highest BCUT2D eigenvalue weighted by molar-refractivity contribution is 6.99. The van der Waals surface area contributed by atoms with Crippen LogP contribution in [0.5, 0.6) is 0 Å². The second-order valence-electron chi connectivity index (χ2n) is 14.5. The SMILES string of the molecule is CC1(C)c2cc3c(cc2B2c4c(cccc41)-n1c4ccccc4c4cccc2c41)c(-c1ccccc1)c(-c1ccccc1)n3-c1ccccc1. The van der Waals surface area contributed by atoms with E-state index < -0.39 is 0 Å². The predicted molar refractivity (Wildman–Crippen MR) is 212 cm³/mol. The zero-order valence-electron chi connectivity index (χ0n) is 28.1. The van der Waals surface area contributed by atoms with E-state index in [1.54, 1.807) is 0 Å². The first-order valence-electron chi connectivity index (χ1n) is 17.7. The Bertz CT molecular complexity index is 2820. The molecule has 0 spiro atoms. The second kappa shape index (κ2) is 9.99. The van der Waals surface area contributed by atoms with Crippen LogP contribution in [0.1, 0.15) is 25.0 Å². The van der Waals surface area contributed by atoms with Crippen molar-refractivity contribution in [2.75, 3.05) is 0 Å². The van der Waals surface area contributed by atoms with E-state index >= 15 is 0 Å². The van der Waals surface area contributed by atoms with E-state index in [2.05, 4.69) is 187 Å². The number of fused-ring (bicyclic) bond motifs is 8. The zero-order valence-corrected chi connectivity index (χ0v) is 28.1. The van der Waals surface area contributed by atoms with E-state index in [4.69, 9.17) is 0 Å². The molecule has 2 nitrogen and oxygen atoms in total. The van der Waals surface area contributed by atoms with Crippen molar-refractivity contribution in [2.24, 2.45) is 0 Å². The van der Waals surface area contributed by atoms with E-state index in [-0.39, 0.29) is 12.1 Å². The largest absolute Gasteiger partial charge is 0.310 e. The third-order valence-electron chi connectivity index (χ3n) is 11.6. The van der Waals surface area contributed by atoms with Crippen molar-refractivity contribution in [1.29, 1.82) is 0 Å². The summed E-state index contributed by atoms with van der Waals surface area (Å²) in [6.45, 7) is 4.98. The van der Waals surface area contributed by atoms with Crippen molar-refractivity contribution in [1.82, 2.24) is 9.13 Å². The summed E-state index contributed by atoms with van der Waals surface area (Å²) in [7, 11) is 0. The molecule has 0 N–H and O–H groups in total. The van der Waals surface area contributed by atoms with Gasteiger partial charge in [0.15, 0.2) is 0 Å². The Labute approximate surface area is 292 Å². The van der Waals surface area contributed by atoms with Gasteiger partial charge >= 0.3 is 0 Å². The Balaban J connectivity index is 1.33. The van der Waals surface area contributed by atoms with Gasteiger partial charge < -0.3 is 9.13 Å². The van der Waals surface area contributed by atoms with Gasteiger partial charge in [0.1, 0.15) is 0 Å². The van der Waals surface area contributed by atoms with E-state index in [9.17, 15) is 0 Å². The summed E-state index contributed by atoms with van der Waals surface area (Å²) in [6, 6.07) is 60.8. The third kappa shape index (κ3) is 3.54. The van der Waals surface area contributed by atoms with Crippen molar-refractivity contribution in [3.8, 4) is 33.8 Å². The summed E-state index contributed by atoms with van der Waals surface area (Å²) in [6.07, 6.45) is 0. The lowest BCUT2D eigenvalue weighted by Crippen LogP contribution is -2.63. The highest BCUT2D eigenvalue weighted by Crippen LogP contribution is 2.46. The van der Waals surface area contributed by atoms with Crippen LogP contribution in [0.4, 0.5) is 0 Å². The molecular weight excluding hydrogens is 603 g/mol. The van der Waals surface area contributed by atoms with Gasteiger partial charge in [0, 0.05) is 44.0 Å². The fraction of sp³-hybridized carbons (Fsp3) is 0.0638. The van der Waals surface area contributed by atoms with Crippen LogP contribution in [-0.4, -0.2) is 15.8 Å². The smallest absolute Gasteiger partial charge is 0.247 e. The van der Waals surface area contributed by atoms with Gasteiger partial charge in [-0.05, 0) is 63.5 Å². The van der Waals surface area contributed by atoms with Crippen LogP contribution >= 0.6 is 0 Å². The molecule has 0 fully saturated rings. The molecule has 2 aliphatic heterocycles. The lowest BCUT2D eigenvalue weighted by Gasteiger charge is -2.42. The molecule has 3 heteroatoms. The van der Waals surface area contributed by atoms with E-state index in [1.807, 2.05) is 0 Å². The molecule has 0 saturated carbocycles. The molecule has 50 heavy (non-hydrogen) atoms. The molecule has 0 saturated heterocycles. The van der Waals surface area contributed by atoms with Gasteiger partial charge in [-0.25, -0.2) is 0 Å². The zero-order chi connectivity index (χ0) is 33.1. The summed E-state index contributed by atoms with van der Waals surface area (Å²) in [5.41, 5.74) is 18.1. The molecule has 0 radical (unpaired) electrons. The lowest BCUT2D eigenvalue weighted by atomic mass is 9.30. The molecule has 2 aliphatic rings. The van der Waals surface area contributed by atoms with Crippen LogP contribution in [0.25, 0.3) is 66.5 Å². The average Bonchev–Trinajstić information content (AvgIpc) is 3.69. The number of hydrogen-bond donors (Lipinski definition) is 0. The molecule has 234 valence electrons. The molecule has 9 aromatic rings. The Hall–Kier alpha value is -6.06. The average molecular weight is 637 g/mol. The number of para-hydroxylation sites is 3. The minimum absolute atomic E-state index is 0.123. The number of aromatic nitrogens is 2. The number of rotatable bonds is 3. The topological polar surface area (TPSA) is 9.86 Å². The highest BCUT2D eigenvalue weighted by Gasteiger charge is 2.45. The van der Waals surface area contributed by atoms with Crippen molar-refractivity contribution in [3.05, 3.63) is 175 Å². The normalized spacial score (nSPS) is 13.9. The minimum Gasteiger partial charge on any atom is -0.310 e. The first kappa shape index (κ1) is 27.9. The van der Waals surface area contributed by atoms with Crippen molar-refractivity contribution in [2.45, 2.75) is 19.3 Å². The fourth-order valence-electron chi connectivity index (χ4n) is 9.49. The lowest BCUT2D eigenvalue weighted by molar-refractivity contribution is 0.646. The second-order valence-corrected chi connectivity index (χ2v) is 14.5. The summed E-state index contributed by atoms with van der Waals surface area (Å²) >= 11 is 0. The quantitative estimate of drug-likeness (QED) is 0.171. The molecule has 4 heterocycles. The van der Waals surface area contributed by atoms with Crippen LogP contribution in [-0.2, 0) is 5.41 Å². The van der Waals surface area contributed by atoms with Crippen LogP contribution < -0.4 is 16.4 Å².